The maximum atomic E-state index is 12.4. The number of ether oxygens (including phenoxy) is 2. The van der Waals surface area contributed by atoms with Crippen LogP contribution < -0.4 is 20.3 Å². The highest BCUT2D eigenvalue weighted by molar-refractivity contribution is 9.10. The highest BCUT2D eigenvalue weighted by atomic mass is 79.9. The van der Waals surface area contributed by atoms with Gasteiger partial charge in [0.25, 0.3) is 11.8 Å². The molecule has 0 heterocycles. The summed E-state index contributed by atoms with van der Waals surface area (Å²) in [6.45, 7) is 3.43. The van der Waals surface area contributed by atoms with Gasteiger partial charge in [-0.05, 0) is 66.2 Å². The molecule has 0 aliphatic rings. The Kier molecular flexibility index (Phi) is 7.94. The van der Waals surface area contributed by atoms with E-state index in [1.165, 1.54) is 0 Å². The average molecular weight is 521 g/mol. The summed E-state index contributed by atoms with van der Waals surface area (Å²) in [5, 5.41) is 0.541. The first-order chi connectivity index (χ1) is 12.8. The molecule has 2 N–H and O–H groups in total. The van der Waals surface area contributed by atoms with Crippen molar-refractivity contribution in [1.29, 1.82) is 0 Å². The Labute approximate surface area is 178 Å². The van der Waals surface area contributed by atoms with Crippen molar-refractivity contribution in [3.63, 3.8) is 0 Å². The van der Waals surface area contributed by atoms with E-state index in [2.05, 4.69) is 42.7 Å². The minimum atomic E-state index is -0.522. The van der Waals surface area contributed by atoms with E-state index < -0.39 is 11.8 Å². The van der Waals surface area contributed by atoms with Crippen molar-refractivity contribution in [3.05, 3.63) is 55.9 Å². The van der Waals surface area contributed by atoms with Crippen LogP contribution in [-0.4, -0.2) is 24.5 Å². The second-order valence-electron chi connectivity index (χ2n) is 5.67. The third-order valence-electron chi connectivity index (χ3n) is 3.12. The number of benzene rings is 2. The van der Waals surface area contributed by atoms with Crippen LogP contribution in [0.25, 0.3) is 0 Å². The molecule has 144 valence electrons. The van der Waals surface area contributed by atoms with Gasteiger partial charge in [-0.25, -0.2) is 0 Å². The molecule has 2 rings (SSSR count). The summed E-state index contributed by atoms with van der Waals surface area (Å²) in [6, 6.07) is 9.99. The van der Waals surface area contributed by atoms with E-state index in [1.54, 1.807) is 36.4 Å². The molecule has 0 bridgehead atoms. The summed E-state index contributed by atoms with van der Waals surface area (Å²) >= 11 is 12.5. The lowest BCUT2D eigenvalue weighted by molar-refractivity contribution is -0.123. The van der Waals surface area contributed by atoms with Gasteiger partial charge in [-0.1, -0.05) is 27.5 Å². The normalized spacial score (nSPS) is 10.4. The zero-order valence-corrected chi connectivity index (χ0v) is 18.4. The highest BCUT2D eigenvalue weighted by Gasteiger charge is 2.15. The maximum Gasteiger partial charge on any atom is 0.276 e. The van der Waals surface area contributed by atoms with E-state index in [1.807, 2.05) is 13.8 Å². The van der Waals surface area contributed by atoms with Gasteiger partial charge in [0.05, 0.1) is 16.1 Å². The minimum Gasteiger partial charge on any atom is -0.490 e. The first kappa shape index (κ1) is 21.5. The highest BCUT2D eigenvalue weighted by Crippen LogP contribution is 2.28. The number of nitrogens with one attached hydrogen (secondary N) is 2. The third kappa shape index (κ3) is 6.71. The lowest BCUT2D eigenvalue weighted by Crippen LogP contribution is -2.44. The predicted octanol–water partition coefficient (Wildman–Crippen LogP) is 4.49. The summed E-state index contributed by atoms with van der Waals surface area (Å²) in [4.78, 5) is 24.3. The van der Waals surface area contributed by atoms with Crippen molar-refractivity contribution in [3.8, 4) is 11.5 Å². The molecule has 0 unspecified atom stereocenters. The molecule has 2 aromatic carbocycles. The van der Waals surface area contributed by atoms with Crippen LogP contribution in [0.15, 0.2) is 45.3 Å². The van der Waals surface area contributed by atoms with Gasteiger partial charge in [-0.15, -0.1) is 0 Å². The number of carbonyl (C=O) groups excluding carboxylic acids is 2. The van der Waals surface area contributed by atoms with Gasteiger partial charge >= 0.3 is 0 Å². The van der Waals surface area contributed by atoms with Crippen molar-refractivity contribution >= 4 is 55.3 Å². The lowest BCUT2D eigenvalue weighted by Gasteiger charge is -2.15. The predicted molar refractivity (Wildman–Crippen MR) is 110 cm³/mol. The van der Waals surface area contributed by atoms with E-state index in [0.717, 1.165) is 0 Å². The van der Waals surface area contributed by atoms with Crippen LogP contribution in [0.4, 0.5) is 0 Å². The van der Waals surface area contributed by atoms with E-state index in [9.17, 15) is 9.59 Å². The third-order valence-corrected chi connectivity index (χ3v) is 4.47. The van der Waals surface area contributed by atoms with Gasteiger partial charge in [0.2, 0.25) is 0 Å². The first-order valence-electron chi connectivity index (χ1n) is 7.89. The topological polar surface area (TPSA) is 76.7 Å². The van der Waals surface area contributed by atoms with Crippen molar-refractivity contribution < 1.29 is 19.1 Å². The van der Waals surface area contributed by atoms with Crippen LogP contribution >= 0.6 is 43.5 Å². The largest absolute Gasteiger partial charge is 0.490 e. The summed E-state index contributed by atoms with van der Waals surface area (Å²) in [7, 11) is 0. The van der Waals surface area contributed by atoms with Crippen molar-refractivity contribution in [2.75, 3.05) is 6.61 Å². The molecule has 6 nitrogen and oxygen atoms in total. The van der Waals surface area contributed by atoms with Gasteiger partial charge in [0, 0.05) is 9.50 Å². The molecule has 0 aromatic heterocycles. The second kappa shape index (κ2) is 9.96. The fourth-order valence-electron chi connectivity index (χ4n) is 2.00. The number of rotatable bonds is 6. The quantitative estimate of drug-likeness (QED) is 0.551. The standard InChI is InChI=1S/C18H17Br2ClN2O4/c1-10(2)27-15-5-3-11(19)7-13(15)18(25)23-22-17(24)9-26-16-6-4-12(21)8-14(16)20/h3-8,10H,9H2,1-2H3,(H,22,24)(H,23,25). The molecule has 0 fully saturated rings. The van der Waals surface area contributed by atoms with Gasteiger partial charge in [-0.2, -0.15) is 0 Å². The molecule has 0 aliphatic heterocycles. The Morgan fingerprint density at radius 1 is 1.07 bits per heavy atom. The van der Waals surface area contributed by atoms with Gasteiger partial charge in [0.15, 0.2) is 6.61 Å². The lowest BCUT2D eigenvalue weighted by atomic mass is 10.2. The van der Waals surface area contributed by atoms with Crippen LogP contribution in [0.2, 0.25) is 5.02 Å². The van der Waals surface area contributed by atoms with Gasteiger partial charge in [-0.3, -0.25) is 20.4 Å². The average Bonchev–Trinajstić information content (AvgIpc) is 2.60. The van der Waals surface area contributed by atoms with E-state index >= 15 is 0 Å². The smallest absolute Gasteiger partial charge is 0.276 e. The Bertz CT molecular complexity index is 846. The van der Waals surface area contributed by atoms with Crippen LogP contribution in [0.5, 0.6) is 11.5 Å². The first-order valence-corrected chi connectivity index (χ1v) is 9.86. The number of halogens is 3. The minimum absolute atomic E-state index is 0.0986. The van der Waals surface area contributed by atoms with Crippen LogP contribution in [0.3, 0.4) is 0 Å². The van der Waals surface area contributed by atoms with Crippen LogP contribution in [0, 0.1) is 0 Å². The fraction of sp³-hybridized carbons (Fsp3) is 0.222. The summed E-state index contributed by atoms with van der Waals surface area (Å²) < 4.78 is 12.3. The van der Waals surface area contributed by atoms with Crippen molar-refractivity contribution in [2.45, 2.75) is 20.0 Å². The Balaban J connectivity index is 1.93. The molecule has 2 amide bonds. The maximum absolute atomic E-state index is 12.4. The van der Waals surface area contributed by atoms with Gasteiger partial charge < -0.3 is 9.47 Å². The van der Waals surface area contributed by atoms with Crippen LogP contribution in [-0.2, 0) is 4.79 Å². The molecule has 9 heteroatoms. The Hall–Kier alpha value is -1.77. The summed E-state index contributed by atoms with van der Waals surface area (Å²) in [5.41, 5.74) is 4.95. The number of carbonyl (C=O) groups is 2. The molecule has 27 heavy (non-hydrogen) atoms. The number of hydrogen-bond donors (Lipinski definition) is 2. The fourth-order valence-corrected chi connectivity index (χ4v) is 3.16. The van der Waals surface area contributed by atoms with E-state index in [4.69, 9.17) is 21.1 Å². The monoisotopic (exact) mass is 518 g/mol. The summed E-state index contributed by atoms with van der Waals surface area (Å²) in [6.07, 6.45) is -0.0986. The molecular weight excluding hydrogens is 503 g/mol. The molecule has 0 aliphatic carbocycles. The molecule has 0 saturated carbocycles. The Morgan fingerprint density at radius 3 is 2.44 bits per heavy atom. The molecule has 0 radical (unpaired) electrons. The van der Waals surface area contributed by atoms with Crippen molar-refractivity contribution in [1.82, 2.24) is 10.9 Å². The van der Waals surface area contributed by atoms with E-state index in [-0.39, 0.29) is 12.7 Å². The molecule has 0 saturated heterocycles. The molecule has 0 spiro atoms. The number of hydrazine groups is 1. The second-order valence-corrected chi connectivity index (χ2v) is 7.88. The molecule has 0 atom stereocenters. The van der Waals surface area contributed by atoms with Gasteiger partial charge in [0.1, 0.15) is 11.5 Å². The molecular formula is C18H17Br2ClN2O4. The summed E-state index contributed by atoms with van der Waals surface area (Å²) in [5.74, 6) is -0.152. The SMILES string of the molecule is CC(C)Oc1ccc(Br)cc1C(=O)NNC(=O)COc1ccc(Cl)cc1Br. The molecule has 2 aromatic rings. The number of hydrogen-bond acceptors (Lipinski definition) is 4. The zero-order valence-electron chi connectivity index (χ0n) is 14.5. The Morgan fingerprint density at radius 2 is 1.78 bits per heavy atom. The van der Waals surface area contributed by atoms with Crippen LogP contribution in [0.1, 0.15) is 24.2 Å². The van der Waals surface area contributed by atoms with E-state index in [0.29, 0.717) is 31.0 Å². The van der Waals surface area contributed by atoms with Crippen molar-refractivity contribution in [2.24, 2.45) is 0 Å². The zero-order chi connectivity index (χ0) is 20.0. The number of amides is 2.